The Kier molecular flexibility index (Phi) is 3.73. The molecule has 0 bridgehead atoms. The molecule has 0 spiro atoms. The van der Waals surface area contributed by atoms with Crippen LogP contribution in [0.2, 0.25) is 0 Å². The second kappa shape index (κ2) is 6.06. The van der Waals surface area contributed by atoms with Crippen molar-refractivity contribution in [1.82, 2.24) is 15.0 Å². The molecule has 1 saturated heterocycles. The molecule has 1 aliphatic heterocycles. The zero-order chi connectivity index (χ0) is 17.4. The van der Waals surface area contributed by atoms with Gasteiger partial charge in [0.05, 0.1) is 22.7 Å². The average molecular weight is 336 g/mol. The van der Waals surface area contributed by atoms with Crippen molar-refractivity contribution in [1.29, 1.82) is 5.26 Å². The Morgan fingerprint density at radius 2 is 2.24 bits per heavy atom. The molecule has 6 nitrogen and oxygen atoms in total. The van der Waals surface area contributed by atoms with Gasteiger partial charge in [-0.1, -0.05) is 0 Å². The molecule has 1 aromatic carbocycles. The highest BCUT2D eigenvalue weighted by Gasteiger charge is 2.29. The van der Waals surface area contributed by atoms with Crippen LogP contribution in [0.3, 0.4) is 0 Å². The third kappa shape index (κ3) is 2.66. The van der Waals surface area contributed by atoms with Gasteiger partial charge in [0.1, 0.15) is 23.6 Å². The van der Waals surface area contributed by atoms with Crippen molar-refractivity contribution in [2.45, 2.75) is 12.5 Å². The van der Waals surface area contributed by atoms with E-state index in [1.807, 2.05) is 30.3 Å². The number of halogens is 1. The highest BCUT2D eigenvalue weighted by atomic mass is 19.1. The van der Waals surface area contributed by atoms with Crippen LogP contribution in [0.4, 0.5) is 15.9 Å². The van der Waals surface area contributed by atoms with Crippen LogP contribution in [0.25, 0.3) is 11.0 Å². The fourth-order valence-electron chi connectivity index (χ4n) is 3.42. The minimum absolute atomic E-state index is 0.173. The monoisotopic (exact) mass is 336 g/mol. The van der Waals surface area contributed by atoms with Gasteiger partial charge >= 0.3 is 0 Å². The number of anilines is 2. The van der Waals surface area contributed by atoms with Crippen LogP contribution < -0.4 is 9.80 Å². The maximum atomic E-state index is 14.3. The van der Waals surface area contributed by atoms with E-state index in [2.05, 4.69) is 19.9 Å². The number of likely N-dealkylation sites (N-methyl/N-ethyl adjacent to an activating group) is 1. The predicted molar refractivity (Wildman–Crippen MR) is 94.0 cm³/mol. The number of hydrogen-bond donors (Lipinski definition) is 1. The van der Waals surface area contributed by atoms with Crippen LogP contribution in [0.5, 0.6) is 0 Å². The second-order valence-corrected chi connectivity index (χ2v) is 6.21. The van der Waals surface area contributed by atoms with Crippen molar-refractivity contribution in [3.8, 4) is 6.07 Å². The molecule has 0 saturated carbocycles. The molecule has 0 unspecified atom stereocenters. The van der Waals surface area contributed by atoms with E-state index in [4.69, 9.17) is 5.26 Å². The van der Waals surface area contributed by atoms with Crippen LogP contribution in [0.15, 0.2) is 36.8 Å². The fraction of sp³-hybridized carbons (Fsp3) is 0.278. The van der Waals surface area contributed by atoms with Crippen LogP contribution in [0.1, 0.15) is 12.0 Å². The van der Waals surface area contributed by atoms with Gasteiger partial charge in [-0.15, -0.1) is 0 Å². The van der Waals surface area contributed by atoms with Gasteiger partial charge in [-0.25, -0.2) is 14.4 Å². The van der Waals surface area contributed by atoms with Crippen LogP contribution >= 0.6 is 0 Å². The standard InChI is InChI=1S/C18H17FN6/c1-24(16-3-2-12(9-20)8-15(16)19)13-5-7-25(10-13)18-14-4-6-21-17(14)22-11-23-18/h2-4,6,8,11,13H,5,7,10H2,1H3,(H,21,22,23)/t13-/m1/s1. The van der Waals surface area contributed by atoms with E-state index in [9.17, 15) is 4.39 Å². The van der Waals surface area contributed by atoms with Crippen molar-refractivity contribution in [3.63, 3.8) is 0 Å². The quantitative estimate of drug-likeness (QED) is 0.796. The zero-order valence-corrected chi connectivity index (χ0v) is 13.8. The van der Waals surface area contributed by atoms with E-state index in [0.29, 0.717) is 11.3 Å². The maximum absolute atomic E-state index is 14.3. The maximum Gasteiger partial charge on any atom is 0.147 e. The van der Waals surface area contributed by atoms with Gasteiger partial charge in [0.25, 0.3) is 0 Å². The molecule has 3 aromatic rings. The Balaban J connectivity index is 1.56. The molecule has 126 valence electrons. The van der Waals surface area contributed by atoms with Crippen molar-refractivity contribution < 1.29 is 4.39 Å². The number of aromatic amines is 1. The molecule has 1 atom stereocenters. The van der Waals surface area contributed by atoms with E-state index in [1.165, 1.54) is 6.07 Å². The minimum Gasteiger partial charge on any atom is -0.367 e. The summed E-state index contributed by atoms with van der Waals surface area (Å²) in [6.07, 6.45) is 4.33. The van der Waals surface area contributed by atoms with E-state index < -0.39 is 0 Å². The smallest absolute Gasteiger partial charge is 0.147 e. The van der Waals surface area contributed by atoms with Gasteiger partial charge in [0, 0.05) is 32.4 Å². The lowest BCUT2D eigenvalue weighted by molar-refractivity contribution is 0.605. The Bertz CT molecular complexity index is 960. The molecule has 7 heteroatoms. The van der Waals surface area contributed by atoms with Crippen LogP contribution in [-0.4, -0.2) is 41.1 Å². The largest absolute Gasteiger partial charge is 0.367 e. The molecule has 0 radical (unpaired) electrons. The fourth-order valence-corrected chi connectivity index (χ4v) is 3.42. The molecule has 4 rings (SSSR count). The van der Waals surface area contributed by atoms with Gasteiger partial charge in [-0.2, -0.15) is 5.26 Å². The molecule has 25 heavy (non-hydrogen) atoms. The number of hydrogen-bond acceptors (Lipinski definition) is 5. The Hall–Kier alpha value is -3.14. The summed E-state index contributed by atoms with van der Waals surface area (Å²) in [4.78, 5) is 15.9. The number of nitrogens with zero attached hydrogens (tertiary/aromatic N) is 5. The molecular weight excluding hydrogens is 319 g/mol. The summed E-state index contributed by atoms with van der Waals surface area (Å²) in [5, 5.41) is 9.88. The lowest BCUT2D eigenvalue weighted by Gasteiger charge is -2.27. The molecule has 1 fully saturated rings. The summed E-state index contributed by atoms with van der Waals surface area (Å²) < 4.78 is 14.3. The molecule has 1 N–H and O–H groups in total. The number of nitriles is 1. The van der Waals surface area contributed by atoms with E-state index in [0.717, 1.165) is 36.4 Å². The van der Waals surface area contributed by atoms with Crippen molar-refractivity contribution >= 4 is 22.5 Å². The molecule has 3 heterocycles. The van der Waals surface area contributed by atoms with Gasteiger partial charge in [0.15, 0.2) is 0 Å². The summed E-state index contributed by atoms with van der Waals surface area (Å²) in [5.41, 5.74) is 1.67. The summed E-state index contributed by atoms with van der Waals surface area (Å²) in [6.45, 7) is 1.61. The molecular formula is C18H17FN6. The Morgan fingerprint density at radius 1 is 1.36 bits per heavy atom. The first-order valence-corrected chi connectivity index (χ1v) is 8.13. The molecule has 0 aliphatic carbocycles. The molecule has 0 amide bonds. The van der Waals surface area contributed by atoms with E-state index >= 15 is 0 Å². The number of benzene rings is 1. The third-order valence-electron chi connectivity index (χ3n) is 4.80. The lowest BCUT2D eigenvalue weighted by atomic mass is 10.1. The second-order valence-electron chi connectivity index (χ2n) is 6.21. The van der Waals surface area contributed by atoms with E-state index in [-0.39, 0.29) is 11.9 Å². The third-order valence-corrected chi connectivity index (χ3v) is 4.80. The molecule has 1 aliphatic rings. The normalized spacial score (nSPS) is 17.0. The summed E-state index contributed by atoms with van der Waals surface area (Å²) in [5.74, 6) is 0.539. The number of H-pyrrole nitrogens is 1. The number of nitrogens with one attached hydrogen (secondary N) is 1. The SMILES string of the molecule is CN(c1ccc(C#N)cc1F)[C@@H]1CCN(c2ncnc3[nH]ccc23)C1. The van der Waals surface area contributed by atoms with Crippen LogP contribution in [-0.2, 0) is 0 Å². The lowest BCUT2D eigenvalue weighted by Crippen LogP contribution is -2.35. The van der Waals surface area contributed by atoms with Crippen molar-refractivity contribution in [2.24, 2.45) is 0 Å². The van der Waals surface area contributed by atoms with Crippen molar-refractivity contribution in [3.05, 3.63) is 48.2 Å². The highest BCUT2D eigenvalue weighted by Crippen LogP contribution is 2.29. The van der Waals surface area contributed by atoms with Gasteiger partial charge in [-0.3, -0.25) is 0 Å². The first-order chi connectivity index (χ1) is 12.2. The summed E-state index contributed by atoms with van der Waals surface area (Å²) in [7, 11) is 1.89. The first kappa shape index (κ1) is 15.4. The Labute approximate surface area is 144 Å². The number of aromatic nitrogens is 3. The number of fused-ring (bicyclic) bond motifs is 1. The first-order valence-electron chi connectivity index (χ1n) is 8.13. The van der Waals surface area contributed by atoms with Gasteiger partial charge in [-0.05, 0) is 30.7 Å². The minimum atomic E-state index is -0.366. The van der Waals surface area contributed by atoms with Gasteiger partial charge in [0.2, 0.25) is 0 Å². The average Bonchev–Trinajstić information content (AvgIpc) is 3.30. The number of rotatable bonds is 3. The Morgan fingerprint density at radius 3 is 3.04 bits per heavy atom. The topological polar surface area (TPSA) is 71.8 Å². The van der Waals surface area contributed by atoms with Crippen LogP contribution in [0, 0.1) is 17.1 Å². The van der Waals surface area contributed by atoms with E-state index in [1.54, 1.807) is 18.5 Å². The zero-order valence-electron chi connectivity index (χ0n) is 13.8. The highest BCUT2D eigenvalue weighted by molar-refractivity contribution is 5.87. The van der Waals surface area contributed by atoms with Gasteiger partial charge < -0.3 is 14.8 Å². The molecule has 2 aromatic heterocycles. The summed E-state index contributed by atoms with van der Waals surface area (Å²) >= 11 is 0. The predicted octanol–water partition coefficient (Wildman–Crippen LogP) is 2.68. The summed E-state index contributed by atoms with van der Waals surface area (Å²) in [6, 6.07) is 8.71. The van der Waals surface area contributed by atoms with Crippen molar-refractivity contribution in [2.75, 3.05) is 29.9 Å².